The molecular weight excluding hydrogens is 228 g/mol. The van der Waals surface area contributed by atoms with Gasteiger partial charge in [0.1, 0.15) is 18.0 Å². The Morgan fingerprint density at radius 2 is 2.06 bits per heavy atom. The molecule has 0 radical (unpaired) electrons. The van der Waals surface area contributed by atoms with E-state index < -0.39 is 0 Å². The standard InChI is InChI=1S/C14H18N2O2/c17-15-11-3-7-14(8-4-11)18-10-13-6-5-12-2-1-9-16(12)13/h3-4,7-8,12-13H,1-2,5-6,9-10H2. The summed E-state index contributed by atoms with van der Waals surface area (Å²) in [5.74, 6) is 0.824. The second-order valence-electron chi connectivity index (χ2n) is 5.16. The highest BCUT2D eigenvalue weighted by molar-refractivity contribution is 5.40. The predicted octanol–water partition coefficient (Wildman–Crippen LogP) is 3.09. The maximum Gasteiger partial charge on any atom is 0.119 e. The van der Waals surface area contributed by atoms with Crippen molar-refractivity contribution < 1.29 is 4.74 Å². The van der Waals surface area contributed by atoms with Gasteiger partial charge in [0.05, 0.1) is 0 Å². The molecule has 3 rings (SSSR count). The molecule has 4 nitrogen and oxygen atoms in total. The number of benzene rings is 1. The van der Waals surface area contributed by atoms with Crippen molar-refractivity contribution in [3.05, 3.63) is 29.2 Å². The van der Waals surface area contributed by atoms with Crippen molar-refractivity contribution in [3.63, 3.8) is 0 Å². The molecule has 1 aromatic rings. The Morgan fingerprint density at radius 1 is 1.22 bits per heavy atom. The molecule has 18 heavy (non-hydrogen) atoms. The molecule has 2 unspecified atom stereocenters. The van der Waals surface area contributed by atoms with E-state index in [1.54, 1.807) is 12.1 Å². The minimum Gasteiger partial charge on any atom is -0.492 e. The molecule has 2 saturated heterocycles. The van der Waals surface area contributed by atoms with Gasteiger partial charge in [-0.1, -0.05) is 0 Å². The molecule has 0 spiro atoms. The zero-order valence-electron chi connectivity index (χ0n) is 10.4. The molecule has 2 aliphatic rings. The fourth-order valence-corrected chi connectivity index (χ4v) is 3.17. The first-order chi connectivity index (χ1) is 8.86. The van der Waals surface area contributed by atoms with Crippen molar-refractivity contribution in [3.8, 4) is 5.75 Å². The van der Waals surface area contributed by atoms with E-state index >= 15 is 0 Å². The Kier molecular flexibility index (Phi) is 3.28. The van der Waals surface area contributed by atoms with Crippen LogP contribution in [0.1, 0.15) is 25.7 Å². The van der Waals surface area contributed by atoms with Crippen molar-refractivity contribution in [1.29, 1.82) is 0 Å². The summed E-state index contributed by atoms with van der Waals surface area (Å²) in [6, 6.07) is 8.38. The second-order valence-corrected chi connectivity index (χ2v) is 5.16. The molecule has 0 aliphatic carbocycles. The number of nitroso groups, excluding NO2 is 1. The third-order valence-corrected chi connectivity index (χ3v) is 4.11. The van der Waals surface area contributed by atoms with Gasteiger partial charge < -0.3 is 4.74 Å². The zero-order chi connectivity index (χ0) is 12.4. The summed E-state index contributed by atoms with van der Waals surface area (Å²) in [4.78, 5) is 12.9. The van der Waals surface area contributed by atoms with Crippen molar-refractivity contribution in [1.82, 2.24) is 4.90 Å². The van der Waals surface area contributed by atoms with Crippen molar-refractivity contribution in [2.45, 2.75) is 37.8 Å². The van der Waals surface area contributed by atoms with Gasteiger partial charge >= 0.3 is 0 Å². The van der Waals surface area contributed by atoms with Crippen LogP contribution in [0.2, 0.25) is 0 Å². The maximum atomic E-state index is 10.3. The van der Waals surface area contributed by atoms with Crippen molar-refractivity contribution in [2.75, 3.05) is 13.2 Å². The monoisotopic (exact) mass is 246 g/mol. The summed E-state index contributed by atoms with van der Waals surface area (Å²) in [6.45, 7) is 1.98. The predicted molar refractivity (Wildman–Crippen MR) is 70.1 cm³/mol. The topological polar surface area (TPSA) is 41.9 Å². The van der Waals surface area contributed by atoms with Crippen LogP contribution in [0.4, 0.5) is 5.69 Å². The van der Waals surface area contributed by atoms with Crippen LogP contribution in [-0.4, -0.2) is 30.1 Å². The normalized spacial score (nSPS) is 27.1. The molecule has 0 aromatic heterocycles. The Balaban J connectivity index is 1.55. The van der Waals surface area contributed by atoms with Crippen LogP contribution in [-0.2, 0) is 0 Å². The summed E-state index contributed by atoms with van der Waals surface area (Å²) in [5, 5.41) is 2.88. The summed E-state index contributed by atoms with van der Waals surface area (Å²) in [7, 11) is 0. The third-order valence-electron chi connectivity index (χ3n) is 4.11. The van der Waals surface area contributed by atoms with Gasteiger partial charge in [-0.3, -0.25) is 4.90 Å². The first kappa shape index (κ1) is 11.7. The second kappa shape index (κ2) is 5.06. The van der Waals surface area contributed by atoms with Crippen LogP contribution in [0.3, 0.4) is 0 Å². The lowest BCUT2D eigenvalue weighted by Crippen LogP contribution is -2.35. The van der Waals surface area contributed by atoms with Gasteiger partial charge in [-0.25, -0.2) is 0 Å². The molecule has 2 heterocycles. The molecule has 96 valence electrons. The van der Waals surface area contributed by atoms with E-state index in [2.05, 4.69) is 10.1 Å². The van der Waals surface area contributed by atoms with E-state index in [4.69, 9.17) is 4.74 Å². The van der Waals surface area contributed by atoms with Crippen LogP contribution in [0, 0.1) is 4.91 Å². The maximum absolute atomic E-state index is 10.3. The van der Waals surface area contributed by atoms with Crippen LogP contribution < -0.4 is 4.74 Å². The fraction of sp³-hybridized carbons (Fsp3) is 0.571. The smallest absolute Gasteiger partial charge is 0.119 e. The molecule has 0 bridgehead atoms. The molecule has 2 aliphatic heterocycles. The van der Waals surface area contributed by atoms with Gasteiger partial charge in [0.25, 0.3) is 0 Å². The third kappa shape index (κ3) is 2.25. The largest absolute Gasteiger partial charge is 0.492 e. The summed E-state index contributed by atoms with van der Waals surface area (Å²) >= 11 is 0. The Hall–Kier alpha value is -1.42. The SMILES string of the molecule is O=Nc1ccc(OCC2CCC3CCCN32)cc1. The van der Waals surface area contributed by atoms with E-state index in [1.807, 2.05) is 12.1 Å². The molecule has 0 N–H and O–H groups in total. The summed E-state index contributed by atoms with van der Waals surface area (Å²) < 4.78 is 5.81. The van der Waals surface area contributed by atoms with E-state index in [0.717, 1.165) is 18.4 Å². The summed E-state index contributed by atoms with van der Waals surface area (Å²) in [6.07, 6.45) is 5.26. The zero-order valence-corrected chi connectivity index (χ0v) is 10.4. The molecule has 4 heteroatoms. The number of hydrogen-bond donors (Lipinski definition) is 0. The lowest BCUT2D eigenvalue weighted by molar-refractivity contribution is 0.169. The van der Waals surface area contributed by atoms with E-state index in [0.29, 0.717) is 11.7 Å². The number of ether oxygens (including phenoxy) is 1. The van der Waals surface area contributed by atoms with E-state index in [-0.39, 0.29) is 0 Å². The van der Waals surface area contributed by atoms with Crippen LogP contribution >= 0.6 is 0 Å². The molecule has 0 saturated carbocycles. The van der Waals surface area contributed by atoms with Gasteiger partial charge in [0, 0.05) is 12.1 Å². The fourth-order valence-electron chi connectivity index (χ4n) is 3.17. The van der Waals surface area contributed by atoms with Gasteiger partial charge in [-0.05, 0) is 61.7 Å². The Morgan fingerprint density at radius 3 is 2.83 bits per heavy atom. The highest BCUT2D eigenvalue weighted by Gasteiger charge is 2.36. The first-order valence-electron chi connectivity index (χ1n) is 6.69. The lowest BCUT2D eigenvalue weighted by atomic mass is 10.1. The number of nitrogens with zero attached hydrogens (tertiary/aromatic N) is 2. The molecular formula is C14H18N2O2. The number of rotatable bonds is 4. The number of fused-ring (bicyclic) bond motifs is 1. The van der Waals surface area contributed by atoms with Gasteiger partial charge in [0.2, 0.25) is 0 Å². The quantitative estimate of drug-likeness (QED) is 0.767. The number of hydrogen-bond acceptors (Lipinski definition) is 4. The minimum absolute atomic E-state index is 0.447. The van der Waals surface area contributed by atoms with E-state index in [9.17, 15) is 4.91 Å². The van der Waals surface area contributed by atoms with Gasteiger partial charge in [-0.2, -0.15) is 0 Å². The van der Waals surface area contributed by atoms with Crippen LogP contribution in [0.15, 0.2) is 29.4 Å². The van der Waals surface area contributed by atoms with Crippen molar-refractivity contribution >= 4 is 5.69 Å². The van der Waals surface area contributed by atoms with E-state index in [1.165, 1.54) is 32.2 Å². The Bertz CT molecular complexity index is 418. The van der Waals surface area contributed by atoms with Crippen LogP contribution in [0.5, 0.6) is 5.75 Å². The molecule has 0 amide bonds. The average molecular weight is 246 g/mol. The summed E-state index contributed by atoms with van der Waals surface area (Å²) in [5.41, 5.74) is 0.447. The first-order valence-corrected chi connectivity index (χ1v) is 6.69. The van der Waals surface area contributed by atoms with Crippen molar-refractivity contribution in [2.24, 2.45) is 5.18 Å². The molecule has 1 aromatic carbocycles. The Labute approximate surface area is 107 Å². The molecule has 2 atom stereocenters. The van der Waals surface area contributed by atoms with Crippen LogP contribution in [0.25, 0.3) is 0 Å². The van der Waals surface area contributed by atoms with Gasteiger partial charge in [0.15, 0.2) is 0 Å². The lowest BCUT2D eigenvalue weighted by Gasteiger charge is -2.23. The molecule has 2 fully saturated rings. The highest BCUT2D eigenvalue weighted by Crippen LogP contribution is 2.32. The minimum atomic E-state index is 0.447. The van der Waals surface area contributed by atoms with Gasteiger partial charge in [-0.15, -0.1) is 4.91 Å². The average Bonchev–Trinajstić information content (AvgIpc) is 3.00. The highest BCUT2D eigenvalue weighted by atomic mass is 16.5.